The zero-order chi connectivity index (χ0) is 34.2. The smallest absolute Gasteiger partial charge is 0.137 e. The number of para-hydroxylation sites is 4. The van der Waals surface area contributed by atoms with E-state index in [1.165, 1.54) is 0 Å². The summed E-state index contributed by atoms with van der Waals surface area (Å²) in [4.78, 5) is 0. The van der Waals surface area contributed by atoms with E-state index in [9.17, 15) is 15.8 Å². The summed E-state index contributed by atoms with van der Waals surface area (Å²) in [5, 5.41) is 38.0. The van der Waals surface area contributed by atoms with Gasteiger partial charge in [-0.2, -0.15) is 15.8 Å². The van der Waals surface area contributed by atoms with E-state index in [1.54, 1.807) is 6.07 Å². The van der Waals surface area contributed by atoms with Gasteiger partial charge in [0.2, 0.25) is 0 Å². The monoisotopic (exact) mass is 649 g/mol. The van der Waals surface area contributed by atoms with Crippen LogP contribution in [0, 0.1) is 34.0 Å². The largest absolute Gasteiger partial charge is 0.456 e. The van der Waals surface area contributed by atoms with Gasteiger partial charge in [-0.1, -0.05) is 78.9 Å². The molecule has 0 atom stereocenters. The minimum atomic E-state index is 0.239. The summed E-state index contributed by atoms with van der Waals surface area (Å²) in [5.74, 6) is 0. The van der Waals surface area contributed by atoms with Crippen LogP contribution in [0.3, 0.4) is 0 Å². The standard InChI is InChI=1S/C45H23N5O/c46-24-27-17-19-41(49-38-13-5-1-9-29(38)30-10-2-6-14-39(30)49)33(21-27)28-18-20-42(37(26-48)36(28)25-47)50-40-15-7-3-11-31(40)34-22-35-32-12-4-8-16-44(32)51-45(35)23-43(34)50/h1-23H. The summed E-state index contributed by atoms with van der Waals surface area (Å²) < 4.78 is 10.5. The zero-order valence-corrected chi connectivity index (χ0v) is 26.9. The molecule has 6 heteroatoms. The molecule has 3 aromatic heterocycles. The Labute approximate surface area is 291 Å². The second-order valence-electron chi connectivity index (χ2n) is 12.6. The first kappa shape index (κ1) is 28.4. The first-order chi connectivity index (χ1) is 25.2. The highest BCUT2D eigenvalue weighted by atomic mass is 16.3. The molecule has 0 unspecified atom stereocenters. The normalized spacial score (nSPS) is 11.5. The molecule has 234 valence electrons. The van der Waals surface area contributed by atoms with Gasteiger partial charge in [-0.25, -0.2) is 0 Å². The lowest BCUT2D eigenvalue weighted by Gasteiger charge is -2.18. The summed E-state index contributed by atoms with van der Waals surface area (Å²) in [5.41, 5.74) is 8.94. The fourth-order valence-corrected chi connectivity index (χ4v) is 7.88. The van der Waals surface area contributed by atoms with Crippen LogP contribution in [0.15, 0.2) is 144 Å². The van der Waals surface area contributed by atoms with Crippen LogP contribution in [0.1, 0.15) is 16.7 Å². The molecule has 10 aromatic rings. The second-order valence-corrected chi connectivity index (χ2v) is 12.6. The Bertz CT molecular complexity index is 3190. The lowest BCUT2D eigenvalue weighted by Crippen LogP contribution is -2.03. The lowest BCUT2D eigenvalue weighted by atomic mass is 9.92. The van der Waals surface area contributed by atoms with Crippen LogP contribution < -0.4 is 0 Å². The number of nitrogens with zero attached hydrogens (tertiary/aromatic N) is 5. The molecule has 7 aromatic carbocycles. The topological polar surface area (TPSA) is 94.4 Å². The molecule has 0 N–H and O–H groups in total. The van der Waals surface area contributed by atoms with Crippen molar-refractivity contribution in [1.29, 1.82) is 15.8 Å². The Morgan fingerprint density at radius 3 is 1.61 bits per heavy atom. The minimum Gasteiger partial charge on any atom is -0.456 e. The highest BCUT2D eigenvalue weighted by Gasteiger charge is 2.24. The maximum Gasteiger partial charge on any atom is 0.137 e. The van der Waals surface area contributed by atoms with Gasteiger partial charge in [0.1, 0.15) is 23.3 Å². The Morgan fingerprint density at radius 2 is 0.961 bits per heavy atom. The molecule has 0 fully saturated rings. The lowest BCUT2D eigenvalue weighted by molar-refractivity contribution is 0.669. The van der Waals surface area contributed by atoms with Crippen LogP contribution in [-0.2, 0) is 0 Å². The summed E-state index contributed by atoms with van der Waals surface area (Å²) in [6.07, 6.45) is 0. The first-order valence-electron chi connectivity index (χ1n) is 16.5. The van der Waals surface area contributed by atoms with Gasteiger partial charge in [0.25, 0.3) is 0 Å². The van der Waals surface area contributed by atoms with Gasteiger partial charge in [-0.15, -0.1) is 0 Å². The van der Waals surface area contributed by atoms with Crippen molar-refractivity contribution in [2.45, 2.75) is 0 Å². The van der Waals surface area contributed by atoms with Gasteiger partial charge in [0.05, 0.1) is 56.2 Å². The molecule has 0 spiro atoms. The Hall–Kier alpha value is -7.59. The van der Waals surface area contributed by atoms with Gasteiger partial charge in [0.15, 0.2) is 0 Å². The highest BCUT2D eigenvalue weighted by molar-refractivity contribution is 6.17. The number of nitriles is 3. The third-order valence-electron chi connectivity index (χ3n) is 10.1. The summed E-state index contributed by atoms with van der Waals surface area (Å²) in [7, 11) is 0. The van der Waals surface area contributed by atoms with Crippen molar-refractivity contribution in [3.8, 4) is 40.7 Å². The van der Waals surface area contributed by atoms with Crippen molar-refractivity contribution in [2.75, 3.05) is 0 Å². The van der Waals surface area contributed by atoms with Crippen molar-refractivity contribution in [1.82, 2.24) is 9.13 Å². The van der Waals surface area contributed by atoms with Crippen LogP contribution in [-0.4, -0.2) is 9.13 Å². The molecule has 0 aliphatic carbocycles. The van der Waals surface area contributed by atoms with Crippen LogP contribution in [0.5, 0.6) is 0 Å². The van der Waals surface area contributed by atoms with Crippen LogP contribution in [0.4, 0.5) is 0 Å². The van der Waals surface area contributed by atoms with Gasteiger partial charge in [-0.05, 0) is 54.6 Å². The maximum absolute atomic E-state index is 10.9. The van der Waals surface area contributed by atoms with E-state index < -0.39 is 0 Å². The predicted octanol–water partition coefficient (Wildman–Crippen LogP) is 11.1. The zero-order valence-electron chi connectivity index (χ0n) is 26.9. The summed E-state index contributed by atoms with van der Waals surface area (Å²) in [6, 6.07) is 53.2. The van der Waals surface area contributed by atoms with E-state index in [0.717, 1.165) is 71.2 Å². The molecule has 0 radical (unpaired) electrons. The van der Waals surface area contributed by atoms with Crippen LogP contribution in [0.25, 0.3) is 88.1 Å². The number of fused-ring (bicyclic) bond motifs is 9. The van der Waals surface area contributed by atoms with E-state index >= 15 is 0 Å². The van der Waals surface area contributed by atoms with Crippen LogP contribution in [0.2, 0.25) is 0 Å². The molecule has 0 aliphatic heterocycles. The van der Waals surface area contributed by atoms with Gasteiger partial charge in [0, 0.05) is 49.5 Å². The fourth-order valence-electron chi connectivity index (χ4n) is 7.88. The van der Waals surface area contributed by atoms with E-state index in [-0.39, 0.29) is 11.1 Å². The molecule has 0 amide bonds. The molecular weight excluding hydrogens is 627 g/mol. The second kappa shape index (κ2) is 10.7. The van der Waals surface area contributed by atoms with Crippen molar-refractivity contribution >= 4 is 65.6 Å². The van der Waals surface area contributed by atoms with Crippen molar-refractivity contribution in [3.63, 3.8) is 0 Å². The average molecular weight is 650 g/mol. The Kier molecular flexibility index (Phi) is 5.97. The van der Waals surface area contributed by atoms with E-state index in [1.807, 2.05) is 91.0 Å². The molecule has 51 heavy (non-hydrogen) atoms. The molecule has 6 nitrogen and oxygen atoms in total. The molecule has 0 bridgehead atoms. The van der Waals surface area contributed by atoms with Crippen molar-refractivity contribution < 1.29 is 4.42 Å². The first-order valence-corrected chi connectivity index (χ1v) is 16.5. The molecule has 0 aliphatic rings. The maximum atomic E-state index is 10.9. The predicted molar refractivity (Wildman–Crippen MR) is 202 cm³/mol. The number of aromatic nitrogens is 2. The van der Waals surface area contributed by atoms with Crippen molar-refractivity contribution in [2.24, 2.45) is 0 Å². The van der Waals surface area contributed by atoms with E-state index in [2.05, 4.69) is 69.8 Å². The molecule has 10 rings (SSSR count). The molecular formula is C45H23N5O. The third kappa shape index (κ3) is 3.95. The van der Waals surface area contributed by atoms with E-state index in [0.29, 0.717) is 22.4 Å². The molecule has 0 saturated heterocycles. The summed E-state index contributed by atoms with van der Waals surface area (Å²) in [6.45, 7) is 0. The SMILES string of the molecule is N#Cc1ccc(-n2c3ccccc3c3ccccc32)c(-c2ccc(-n3c4ccccc4c4cc5c(cc43)oc3ccccc35)c(C#N)c2C#N)c1. The van der Waals surface area contributed by atoms with Gasteiger partial charge < -0.3 is 13.6 Å². The third-order valence-corrected chi connectivity index (χ3v) is 10.1. The quantitative estimate of drug-likeness (QED) is 0.190. The van der Waals surface area contributed by atoms with E-state index in [4.69, 9.17) is 4.42 Å². The minimum absolute atomic E-state index is 0.239. The number of hydrogen-bond donors (Lipinski definition) is 0. The number of benzene rings is 7. The number of furan rings is 1. The van der Waals surface area contributed by atoms with Crippen molar-refractivity contribution in [3.05, 3.63) is 156 Å². The molecule has 3 heterocycles. The summed E-state index contributed by atoms with van der Waals surface area (Å²) >= 11 is 0. The highest BCUT2D eigenvalue weighted by Crippen LogP contribution is 2.42. The van der Waals surface area contributed by atoms with Crippen LogP contribution >= 0.6 is 0 Å². The number of rotatable bonds is 3. The average Bonchev–Trinajstić information content (AvgIpc) is 3.83. The Morgan fingerprint density at radius 1 is 0.392 bits per heavy atom. The fraction of sp³-hybridized carbons (Fsp3) is 0. The molecule has 0 saturated carbocycles. The number of hydrogen-bond acceptors (Lipinski definition) is 4. The van der Waals surface area contributed by atoms with Gasteiger partial charge in [-0.3, -0.25) is 0 Å². The van der Waals surface area contributed by atoms with Gasteiger partial charge >= 0.3 is 0 Å². The Balaban J connectivity index is 1.27.